The van der Waals surface area contributed by atoms with E-state index in [1.807, 2.05) is 6.92 Å². The van der Waals surface area contributed by atoms with Crippen molar-refractivity contribution in [1.29, 1.82) is 0 Å². The average Bonchev–Trinajstić information content (AvgIpc) is 2.57. The number of hydrogen-bond acceptors (Lipinski definition) is 3. The van der Waals surface area contributed by atoms with Crippen LogP contribution in [0.4, 0.5) is 0 Å². The molecule has 1 aliphatic rings. The van der Waals surface area contributed by atoms with Crippen molar-refractivity contribution >= 4 is 22.6 Å². The number of aromatic nitrogens is 2. The lowest BCUT2D eigenvalue weighted by molar-refractivity contribution is -0.00266. The molecule has 3 atom stereocenters. The number of nitrogens with one attached hydrogen (secondary N) is 1. The summed E-state index contributed by atoms with van der Waals surface area (Å²) in [6.45, 7) is 3.74. The summed E-state index contributed by atoms with van der Waals surface area (Å²) in [5, 5.41) is 0. The molecule has 0 aromatic carbocycles. The molecule has 1 aliphatic heterocycles. The largest absolute Gasteiger partial charge is 0.353 e. The van der Waals surface area contributed by atoms with Crippen molar-refractivity contribution in [3.8, 4) is 0 Å². The van der Waals surface area contributed by atoms with Crippen LogP contribution in [-0.2, 0) is 4.74 Å². The highest BCUT2D eigenvalue weighted by molar-refractivity contribution is 14.1. The quantitative estimate of drug-likeness (QED) is 0.647. The molecule has 0 amide bonds. The van der Waals surface area contributed by atoms with Gasteiger partial charge in [-0.15, -0.1) is 0 Å². The summed E-state index contributed by atoms with van der Waals surface area (Å²) in [4.78, 5) is 26.2. The van der Waals surface area contributed by atoms with Crippen LogP contribution in [0.2, 0.25) is 0 Å². The minimum absolute atomic E-state index is 0.119. The molecule has 6 heteroatoms. The van der Waals surface area contributed by atoms with Crippen LogP contribution in [0.3, 0.4) is 0 Å². The summed E-state index contributed by atoms with van der Waals surface area (Å²) in [5.74, 6) is 0. The van der Waals surface area contributed by atoms with Gasteiger partial charge in [-0.25, -0.2) is 9.36 Å². The Bertz CT molecular complexity index is 491. The molecule has 2 rings (SSSR count). The monoisotopic (exact) mass is 350 g/mol. The first kappa shape index (κ1) is 12.8. The third-order valence-corrected chi connectivity index (χ3v) is 4.26. The number of rotatable bonds is 2. The molecule has 2 heterocycles. The maximum atomic E-state index is 11.8. The van der Waals surface area contributed by atoms with Gasteiger partial charge >= 0.3 is 5.69 Å². The topological polar surface area (TPSA) is 64.1 Å². The van der Waals surface area contributed by atoms with E-state index in [-0.39, 0.29) is 17.4 Å². The van der Waals surface area contributed by atoms with Crippen molar-refractivity contribution in [3.63, 3.8) is 0 Å². The van der Waals surface area contributed by atoms with Crippen molar-refractivity contribution in [1.82, 2.24) is 9.55 Å². The van der Waals surface area contributed by atoms with Gasteiger partial charge in [0.05, 0.1) is 6.10 Å². The normalized spacial score (nSPS) is 28.5. The molecule has 1 aromatic rings. The number of halogens is 1. The number of ether oxygens (including phenoxy) is 1. The Hall–Kier alpha value is -0.630. The predicted molar refractivity (Wildman–Crippen MR) is 72.7 cm³/mol. The zero-order valence-corrected chi connectivity index (χ0v) is 11.9. The van der Waals surface area contributed by atoms with Crippen LogP contribution in [0.25, 0.3) is 0 Å². The number of hydrogen-bond donors (Lipinski definition) is 1. The van der Waals surface area contributed by atoms with Gasteiger partial charge < -0.3 is 9.72 Å². The first-order chi connectivity index (χ1) is 8.02. The molecule has 0 saturated carbocycles. The highest BCUT2D eigenvalue weighted by atomic mass is 127. The van der Waals surface area contributed by atoms with Gasteiger partial charge in [0.2, 0.25) is 0 Å². The number of nitrogens with zero attached hydrogens (tertiary/aromatic N) is 1. The van der Waals surface area contributed by atoms with Crippen molar-refractivity contribution < 1.29 is 4.74 Å². The summed E-state index contributed by atoms with van der Waals surface area (Å²) in [6.07, 6.45) is 1.28. The van der Waals surface area contributed by atoms with Crippen molar-refractivity contribution in [3.05, 3.63) is 32.6 Å². The Morgan fingerprint density at radius 2 is 2.29 bits per heavy atom. The third kappa shape index (κ3) is 2.47. The summed E-state index contributed by atoms with van der Waals surface area (Å²) in [5.41, 5.74) is -0.107. The molecule has 0 bridgehead atoms. The van der Waals surface area contributed by atoms with Gasteiger partial charge in [-0.05, 0) is 13.3 Å². The molecule has 17 heavy (non-hydrogen) atoms. The first-order valence-electron chi connectivity index (χ1n) is 5.65. The highest BCUT2D eigenvalue weighted by Gasteiger charge is 2.34. The third-order valence-electron chi connectivity index (χ3n) is 2.95. The van der Waals surface area contributed by atoms with E-state index in [1.54, 1.807) is 6.92 Å². The average molecular weight is 350 g/mol. The molecule has 94 valence electrons. The van der Waals surface area contributed by atoms with Gasteiger partial charge in [-0.2, -0.15) is 0 Å². The fourth-order valence-electron chi connectivity index (χ4n) is 2.10. The van der Waals surface area contributed by atoms with E-state index in [9.17, 15) is 9.59 Å². The Morgan fingerprint density at radius 3 is 2.82 bits per heavy atom. The standard InChI is InChI=1S/C11H15IN2O3/c1-3-8-7(12)5-10(17-8)14-9(15)4-6(2)13-11(14)16/h4,7-8,10H,3,5H2,1-2H3,(H,13,16)/t7-,8-,10-/m1/s1. The van der Waals surface area contributed by atoms with Crippen molar-refractivity contribution in [2.75, 3.05) is 0 Å². The van der Waals surface area contributed by atoms with Gasteiger partial charge in [0.15, 0.2) is 0 Å². The molecule has 1 aromatic heterocycles. The molecule has 1 N–H and O–H groups in total. The maximum Gasteiger partial charge on any atom is 0.330 e. The second-order valence-corrected chi connectivity index (χ2v) is 5.85. The lowest BCUT2D eigenvalue weighted by Crippen LogP contribution is -2.38. The number of alkyl halides is 1. The van der Waals surface area contributed by atoms with E-state index < -0.39 is 6.23 Å². The molecule has 1 saturated heterocycles. The van der Waals surface area contributed by atoms with Gasteiger partial charge in [0, 0.05) is 22.1 Å². The van der Waals surface area contributed by atoms with Gasteiger partial charge in [0.25, 0.3) is 5.56 Å². The number of aryl methyl sites for hydroxylation is 1. The maximum absolute atomic E-state index is 11.8. The predicted octanol–water partition coefficient (Wildman–Crippen LogP) is 1.35. The zero-order chi connectivity index (χ0) is 12.6. The molecule has 0 spiro atoms. The zero-order valence-electron chi connectivity index (χ0n) is 9.77. The summed E-state index contributed by atoms with van der Waals surface area (Å²) in [6, 6.07) is 1.42. The van der Waals surface area contributed by atoms with Crippen LogP contribution in [0.1, 0.15) is 31.7 Å². The number of aromatic amines is 1. The fourth-order valence-corrected chi connectivity index (χ4v) is 3.21. The van der Waals surface area contributed by atoms with Crippen molar-refractivity contribution in [2.45, 2.75) is 42.9 Å². The molecule has 0 radical (unpaired) electrons. The lowest BCUT2D eigenvalue weighted by atomic mass is 10.2. The molecule has 0 unspecified atom stereocenters. The van der Waals surface area contributed by atoms with E-state index in [0.717, 1.165) is 6.42 Å². The Kier molecular flexibility index (Phi) is 3.72. The molecule has 0 aliphatic carbocycles. The lowest BCUT2D eigenvalue weighted by Gasteiger charge is -2.14. The van der Waals surface area contributed by atoms with Crippen molar-refractivity contribution in [2.24, 2.45) is 0 Å². The van der Waals surface area contributed by atoms with E-state index >= 15 is 0 Å². The second kappa shape index (κ2) is 4.93. The van der Waals surface area contributed by atoms with Crippen LogP contribution in [0, 0.1) is 6.92 Å². The van der Waals surface area contributed by atoms with E-state index in [1.165, 1.54) is 10.6 Å². The molecule has 1 fully saturated rings. The summed E-state index contributed by atoms with van der Waals surface area (Å²) < 4.78 is 7.26. The minimum atomic E-state index is -0.432. The summed E-state index contributed by atoms with van der Waals surface area (Å²) in [7, 11) is 0. The highest BCUT2D eigenvalue weighted by Crippen LogP contribution is 2.33. The van der Waals surface area contributed by atoms with Crippen LogP contribution in [-0.4, -0.2) is 19.6 Å². The van der Waals surface area contributed by atoms with Crippen LogP contribution in [0.15, 0.2) is 15.7 Å². The van der Waals surface area contributed by atoms with Gasteiger partial charge in [0.1, 0.15) is 6.23 Å². The van der Waals surface area contributed by atoms with Crippen LogP contribution < -0.4 is 11.2 Å². The smallest absolute Gasteiger partial charge is 0.330 e. The van der Waals surface area contributed by atoms with E-state index in [2.05, 4.69) is 27.6 Å². The molecular weight excluding hydrogens is 335 g/mol. The molecular formula is C11H15IN2O3. The SMILES string of the molecule is CC[C@H]1O[C@@H](n2c(=O)cc(C)[nH]c2=O)C[C@H]1I. The van der Waals surface area contributed by atoms with E-state index in [4.69, 9.17) is 4.74 Å². The fraction of sp³-hybridized carbons (Fsp3) is 0.636. The second-order valence-electron chi connectivity index (χ2n) is 4.25. The minimum Gasteiger partial charge on any atom is -0.353 e. The van der Waals surface area contributed by atoms with Gasteiger partial charge in [-0.1, -0.05) is 29.5 Å². The van der Waals surface area contributed by atoms with E-state index in [0.29, 0.717) is 16.0 Å². The Labute approximate surface area is 112 Å². The Balaban J connectivity index is 2.37. The van der Waals surface area contributed by atoms with Crippen LogP contribution in [0.5, 0.6) is 0 Å². The Morgan fingerprint density at radius 1 is 1.59 bits per heavy atom. The summed E-state index contributed by atoms with van der Waals surface area (Å²) >= 11 is 2.31. The number of H-pyrrole nitrogens is 1. The first-order valence-corrected chi connectivity index (χ1v) is 6.89. The molecule has 5 nitrogen and oxygen atoms in total. The van der Waals surface area contributed by atoms with Gasteiger partial charge in [-0.3, -0.25) is 4.79 Å². The van der Waals surface area contributed by atoms with Crippen LogP contribution >= 0.6 is 22.6 Å².